The monoisotopic (exact) mass is 333 g/mol. The number of amides is 2. The zero-order valence-electron chi connectivity index (χ0n) is 14.9. The molecule has 0 saturated carbocycles. The first-order valence-corrected chi connectivity index (χ1v) is 9.01. The molecule has 0 aliphatic carbocycles. The van der Waals surface area contributed by atoms with Crippen LogP contribution in [-0.2, 0) is 6.54 Å². The van der Waals surface area contributed by atoms with Gasteiger partial charge in [0.15, 0.2) is 0 Å². The van der Waals surface area contributed by atoms with Gasteiger partial charge in [-0.2, -0.15) is 0 Å². The van der Waals surface area contributed by atoms with E-state index in [0.717, 1.165) is 32.5 Å². The lowest BCUT2D eigenvalue weighted by Gasteiger charge is -2.33. The van der Waals surface area contributed by atoms with Gasteiger partial charge in [0.05, 0.1) is 6.10 Å². The van der Waals surface area contributed by atoms with Gasteiger partial charge in [-0.1, -0.05) is 37.3 Å². The fourth-order valence-electron chi connectivity index (χ4n) is 3.33. The molecular formula is C19H31N3O2. The average Bonchev–Trinajstić information content (AvgIpc) is 2.54. The molecule has 1 aliphatic heterocycles. The smallest absolute Gasteiger partial charge is 0.315 e. The molecule has 3 unspecified atom stereocenters. The average molecular weight is 333 g/mol. The fourth-order valence-corrected chi connectivity index (χ4v) is 3.33. The van der Waals surface area contributed by atoms with Crippen LogP contribution in [0.15, 0.2) is 30.3 Å². The van der Waals surface area contributed by atoms with Crippen molar-refractivity contribution >= 4 is 6.03 Å². The van der Waals surface area contributed by atoms with Crippen molar-refractivity contribution in [2.45, 2.75) is 51.8 Å². The summed E-state index contributed by atoms with van der Waals surface area (Å²) in [6.07, 6.45) is 2.52. The molecule has 5 heteroatoms. The van der Waals surface area contributed by atoms with Crippen molar-refractivity contribution < 1.29 is 9.90 Å². The van der Waals surface area contributed by atoms with Crippen molar-refractivity contribution in [2.75, 3.05) is 19.6 Å². The topological polar surface area (TPSA) is 64.6 Å². The standard InChI is InChI=1S/C19H31N3O2/c1-15(11-16(2)23)12-20-19(24)21-18-9-6-10-22(14-18)13-17-7-4-3-5-8-17/h3-5,7-8,15-16,18,23H,6,9-14H2,1-2H3,(H2,20,21,24). The predicted molar refractivity (Wildman–Crippen MR) is 96.7 cm³/mol. The number of hydrogen-bond acceptors (Lipinski definition) is 3. The van der Waals surface area contributed by atoms with Crippen LogP contribution >= 0.6 is 0 Å². The minimum Gasteiger partial charge on any atom is -0.393 e. The van der Waals surface area contributed by atoms with Gasteiger partial charge in [-0.05, 0) is 44.2 Å². The third-order valence-corrected chi connectivity index (χ3v) is 4.44. The number of carbonyl (C=O) groups is 1. The lowest BCUT2D eigenvalue weighted by molar-refractivity contribution is 0.161. The first-order chi connectivity index (χ1) is 11.5. The van der Waals surface area contributed by atoms with E-state index in [0.29, 0.717) is 13.0 Å². The second-order valence-electron chi connectivity index (χ2n) is 7.10. The highest BCUT2D eigenvalue weighted by Crippen LogP contribution is 2.13. The van der Waals surface area contributed by atoms with Crippen LogP contribution < -0.4 is 10.6 Å². The van der Waals surface area contributed by atoms with Gasteiger partial charge in [-0.3, -0.25) is 4.90 Å². The number of rotatable bonds is 7. The van der Waals surface area contributed by atoms with E-state index < -0.39 is 0 Å². The van der Waals surface area contributed by atoms with Crippen molar-refractivity contribution in [2.24, 2.45) is 5.92 Å². The molecule has 0 spiro atoms. The number of benzene rings is 1. The van der Waals surface area contributed by atoms with Crippen molar-refractivity contribution in [3.8, 4) is 0 Å². The van der Waals surface area contributed by atoms with E-state index in [1.807, 2.05) is 13.0 Å². The van der Waals surface area contributed by atoms with Gasteiger partial charge in [0.25, 0.3) is 0 Å². The number of piperidine rings is 1. The van der Waals surface area contributed by atoms with Gasteiger partial charge in [0.2, 0.25) is 0 Å². The Morgan fingerprint density at radius 1 is 1.33 bits per heavy atom. The summed E-state index contributed by atoms with van der Waals surface area (Å²) < 4.78 is 0. The predicted octanol–water partition coefficient (Wildman–Crippen LogP) is 2.36. The number of aliphatic hydroxyl groups excluding tert-OH is 1. The van der Waals surface area contributed by atoms with Crippen LogP contribution in [0, 0.1) is 5.92 Å². The summed E-state index contributed by atoms with van der Waals surface area (Å²) in [5, 5.41) is 15.4. The lowest BCUT2D eigenvalue weighted by Crippen LogP contribution is -2.50. The molecule has 1 saturated heterocycles. The summed E-state index contributed by atoms with van der Waals surface area (Å²) in [4.78, 5) is 14.5. The third-order valence-electron chi connectivity index (χ3n) is 4.44. The SMILES string of the molecule is CC(O)CC(C)CNC(=O)NC1CCCN(Cc2ccccc2)C1. The van der Waals surface area contributed by atoms with Crippen LogP contribution in [0.1, 0.15) is 38.7 Å². The Morgan fingerprint density at radius 2 is 2.08 bits per heavy atom. The van der Waals surface area contributed by atoms with Crippen LogP contribution in [0.25, 0.3) is 0 Å². The van der Waals surface area contributed by atoms with Gasteiger partial charge in [0, 0.05) is 25.7 Å². The molecule has 134 valence electrons. The summed E-state index contributed by atoms with van der Waals surface area (Å²) in [7, 11) is 0. The molecular weight excluding hydrogens is 302 g/mol. The Balaban J connectivity index is 1.71. The zero-order valence-corrected chi connectivity index (χ0v) is 14.9. The number of nitrogens with one attached hydrogen (secondary N) is 2. The first kappa shape index (κ1) is 18.7. The number of likely N-dealkylation sites (tertiary alicyclic amines) is 1. The van der Waals surface area contributed by atoms with E-state index in [1.54, 1.807) is 6.92 Å². The Kier molecular flexibility index (Phi) is 7.53. The Hall–Kier alpha value is -1.59. The highest BCUT2D eigenvalue weighted by Gasteiger charge is 2.21. The van der Waals surface area contributed by atoms with Crippen LogP contribution in [0.2, 0.25) is 0 Å². The molecule has 1 aromatic rings. The van der Waals surface area contributed by atoms with Crippen molar-refractivity contribution in [1.82, 2.24) is 15.5 Å². The van der Waals surface area contributed by atoms with Crippen molar-refractivity contribution in [3.63, 3.8) is 0 Å². The molecule has 2 amide bonds. The van der Waals surface area contributed by atoms with E-state index in [4.69, 9.17) is 0 Å². The molecule has 1 heterocycles. The minimum absolute atomic E-state index is 0.0981. The van der Waals surface area contributed by atoms with E-state index in [2.05, 4.69) is 39.8 Å². The Bertz CT molecular complexity index is 493. The summed E-state index contributed by atoms with van der Waals surface area (Å²) in [5.74, 6) is 0.275. The summed E-state index contributed by atoms with van der Waals surface area (Å²) in [6, 6.07) is 10.6. The molecule has 0 aromatic heterocycles. The molecule has 3 atom stereocenters. The summed E-state index contributed by atoms with van der Waals surface area (Å²) in [6.45, 7) is 7.32. The zero-order chi connectivity index (χ0) is 17.4. The first-order valence-electron chi connectivity index (χ1n) is 9.01. The van der Waals surface area contributed by atoms with Gasteiger partial charge >= 0.3 is 6.03 Å². The summed E-state index contributed by atoms with van der Waals surface area (Å²) in [5.41, 5.74) is 1.31. The maximum Gasteiger partial charge on any atom is 0.315 e. The molecule has 0 bridgehead atoms. The normalized spacial score (nSPS) is 21.0. The molecule has 5 nitrogen and oxygen atoms in total. The van der Waals surface area contributed by atoms with Crippen molar-refractivity contribution in [1.29, 1.82) is 0 Å². The van der Waals surface area contributed by atoms with E-state index >= 15 is 0 Å². The maximum absolute atomic E-state index is 12.1. The molecule has 2 rings (SSSR count). The van der Waals surface area contributed by atoms with Crippen LogP contribution in [-0.4, -0.2) is 47.8 Å². The number of hydrogen-bond donors (Lipinski definition) is 3. The molecule has 24 heavy (non-hydrogen) atoms. The Morgan fingerprint density at radius 3 is 2.79 bits per heavy atom. The summed E-state index contributed by atoms with van der Waals surface area (Å²) >= 11 is 0. The van der Waals surface area contributed by atoms with Gasteiger partial charge in [0.1, 0.15) is 0 Å². The number of aliphatic hydroxyl groups is 1. The lowest BCUT2D eigenvalue weighted by atomic mass is 10.0. The maximum atomic E-state index is 12.1. The van der Waals surface area contributed by atoms with Gasteiger partial charge in [-0.15, -0.1) is 0 Å². The molecule has 1 aromatic carbocycles. The number of nitrogens with zero attached hydrogens (tertiary/aromatic N) is 1. The van der Waals surface area contributed by atoms with Crippen LogP contribution in [0.5, 0.6) is 0 Å². The fraction of sp³-hybridized carbons (Fsp3) is 0.632. The van der Waals surface area contributed by atoms with Crippen LogP contribution in [0.4, 0.5) is 4.79 Å². The van der Waals surface area contributed by atoms with E-state index in [1.165, 1.54) is 5.56 Å². The quantitative estimate of drug-likeness (QED) is 0.718. The van der Waals surface area contributed by atoms with Gasteiger partial charge < -0.3 is 15.7 Å². The highest BCUT2D eigenvalue weighted by atomic mass is 16.3. The second-order valence-corrected chi connectivity index (χ2v) is 7.10. The van der Waals surface area contributed by atoms with Gasteiger partial charge in [-0.25, -0.2) is 4.79 Å². The number of carbonyl (C=O) groups excluding carboxylic acids is 1. The minimum atomic E-state index is -0.324. The molecule has 0 radical (unpaired) electrons. The van der Waals surface area contributed by atoms with Crippen molar-refractivity contribution in [3.05, 3.63) is 35.9 Å². The molecule has 1 aliphatic rings. The van der Waals surface area contributed by atoms with Crippen LogP contribution in [0.3, 0.4) is 0 Å². The number of urea groups is 1. The largest absolute Gasteiger partial charge is 0.393 e. The molecule has 1 fully saturated rings. The van der Waals surface area contributed by atoms with E-state index in [-0.39, 0.29) is 24.1 Å². The van der Waals surface area contributed by atoms with E-state index in [9.17, 15) is 9.90 Å². The molecule has 3 N–H and O–H groups in total. The second kappa shape index (κ2) is 9.64. The third kappa shape index (κ3) is 6.89. The highest BCUT2D eigenvalue weighted by molar-refractivity contribution is 5.74. The Labute approximate surface area is 145 Å².